The maximum absolute atomic E-state index is 12.0. The third kappa shape index (κ3) is 6.13. The van der Waals surface area contributed by atoms with E-state index >= 15 is 0 Å². The van der Waals surface area contributed by atoms with Crippen LogP contribution in [-0.4, -0.2) is 63.8 Å². The molecule has 0 atom stereocenters. The highest BCUT2D eigenvalue weighted by atomic mass is 127. The number of aryl methyl sites for hydroxylation is 1. The minimum absolute atomic E-state index is 0. The number of halogens is 1. The van der Waals surface area contributed by atoms with E-state index < -0.39 is 5.60 Å². The van der Waals surface area contributed by atoms with Gasteiger partial charge in [-0.2, -0.15) is 4.98 Å². The maximum atomic E-state index is 12.0. The Kier molecular flexibility index (Phi) is 7.24. The molecule has 24 heavy (non-hydrogen) atoms. The van der Waals surface area contributed by atoms with Crippen LogP contribution in [-0.2, 0) is 11.3 Å². The van der Waals surface area contributed by atoms with Crippen LogP contribution in [0.25, 0.3) is 0 Å². The minimum Gasteiger partial charge on any atom is -0.444 e. The summed E-state index contributed by atoms with van der Waals surface area (Å²) in [6.07, 6.45) is -0.296. The molecule has 1 amide bonds. The predicted molar refractivity (Wildman–Crippen MR) is 99.2 cm³/mol. The maximum Gasteiger partial charge on any atom is 0.410 e. The van der Waals surface area contributed by atoms with E-state index in [4.69, 9.17) is 15.0 Å². The topological polar surface area (TPSA) is 110 Å². The van der Waals surface area contributed by atoms with E-state index in [0.717, 1.165) is 0 Å². The van der Waals surface area contributed by atoms with Gasteiger partial charge >= 0.3 is 6.09 Å². The molecule has 0 aromatic carbocycles. The molecule has 2 heterocycles. The number of nitrogens with two attached hydrogens (primary N) is 1. The Hall–Kier alpha value is -1.59. The number of hydrogen-bond acceptors (Lipinski definition) is 6. The van der Waals surface area contributed by atoms with Crippen molar-refractivity contribution < 1.29 is 14.1 Å². The number of ether oxygens (including phenoxy) is 1. The Balaban J connectivity index is 0.00000288. The summed E-state index contributed by atoms with van der Waals surface area (Å²) in [5.74, 6) is 1.41. The van der Waals surface area contributed by atoms with Gasteiger partial charge in [-0.15, -0.1) is 24.0 Å². The van der Waals surface area contributed by atoms with Crippen molar-refractivity contribution in [1.29, 1.82) is 0 Å². The Bertz CT molecular complexity index is 575. The molecular formula is C14H25IN6O3. The van der Waals surface area contributed by atoms with Gasteiger partial charge in [-0.1, -0.05) is 5.16 Å². The number of carbonyl (C=O) groups excluding carboxylic acids is 1. The van der Waals surface area contributed by atoms with Crippen LogP contribution in [0.4, 0.5) is 4.79 Å². The lowest BCUT2D eigenvalue weighted by atomic mass is 10.2. The fraction of sp³-hybridized carbons (Fsp3) is 0.714. The molecule has 1 aromatic rings. The predicted octanol–water partition coefficient (Wildman–Crippen LogP) is 1.36. The van der Waals surface area contributed by atoms with Gasteiger partial charge in [0.05, 0.1) is 0 Å². The summed E-state index contributed by atoms with van der Waals surface area (Å²) in [6, 6.07) is 0. The lowest BCUT2D eigenvalue weighted by Gasteiger charge is -2.36. The third-order valence-corrected chi connectivity index (χ3v) is 3.21. The van der Waals surface area contributed by atoms with Crippen molar-refractivity contribution in [3.8, 4) is 0 Å². The molecule has 1 saturated heterocycles. The molecule has 1 aliphatic rings. The first-order valence-corrected chi connectivity index (χ1v) is 7.56. The molecule has 0 saturated carbocycles. The average molecular weight is 452 g/mol. The van der Waals surface area contributed by atoms with E-state index in [2.05, 4.69) is 15.1 Å². The Labute approximate surface area is 158 Å². The van der Waals surface area contributed by atoms with Crippen molar-refractivity contribution in [3.05, 3.63) is 11.7 Å². The SMILES string of the molecule is Cc1nc(CN=C(N)N2CCN(C(=O)OC(C)(C)C)CC2)no1.I. The van der Waals surface area contributed by atoms with Gasteiger partial charge in [-0.3, -0.25) is 0 Å². The molecule has 0 aliphatic carbocycles. The first-order chi connectivity index (χ1) is 10.7. The van der Waals surface area contributed by atoms with Crippen LogP contribution in [0.2, 0.25) is 0 Å². The lowest BCUT2D eigenvalue weighted by molar-refractivity contribution is 0.0186. The number of hydrogen-bond donors (Lipinski definition) is 1. The third-order valence-electron chi connectivity index (χ3n) is 3.21. The Morgan fingerprint density at radius 1 is 1.29 bits per heavy atom. The standard InChI is InChI=1S/C14H24N6O3.HI/c1-10-17-11(18-23-10)9-16-12(15)19-5-7-20(8-6-19)13(21)22-14(2,3)4;/h5-9H2,1-4H3,(H2,15,16);1H. The van der Waals surface area contributed by atoms with Crippen molar-refractivity contribution in [2.24, 2.45) is 10.7 Å². The van der Waals surface area contributed by atoms with Gasteiger partial charge in [0.15, 0.2) is 11.8 Å². The van der Waals surface area contributed by atoms with E-state index in [1.807, 2.05) is 25.7 Å². The number of piperazine rings is 1. The summed E-state index contributed by atoms with van der Waals surface area (Å²) in [4.78, 5) is 23.9. The van der Waals surface area contributed by atoms with Gasteiger partial charge in [-0.05, 0) is 20.8 Å². The molecule has 9 nitrogen and oxygen atoms in total. The quantitative estimate of drug-likeness (QED) is 0.410. The first-order valence-electron chi connectivity index (χ1n) is 7.56. The summed E-state index contributed by atoms with van der Waals surface area (Å²) >= 11 is 0. The van der Waals surface area contributed by atoms with Gasteiger partial charge in [0.2, 0.25) is 5.89 Å². The largest absolute Gasteiger partial charge is 0.444 e. The van der Waals surface area contributed by atoms with E-state index in [1.165, 1.54) is 0 Å². The fourth-order valence-electron chi connectivity index (χ4n) is 2.10. The smallest absolute Gasteiger partial charge is 0.410 e. The number of amides is 1. The number of aliphatic imine (C=N–C) groups is 1. The van der Waals surface area contributed by atoms with Crippen molar-refractivity contribution >= 4 is 36.0 Å². The van der Waals surface area contributed by atoms with Gasteiger partial charge in [0, 0.05) is 33.1 Å². The van der Waals surface area contributed by atoms with E-state index in [-0.39, 0.29) is 36.6 Å². The molecule has 136 valence electrons. The van der Waals surface area contributed by atoms with Gasteiger partial charge < -0.3 is 24.8 Å². The van der Waals surface area contributed by atoms with Crippen molar-refractivity contribution in [2.45, 2.75) is 39.8 Å². The van der Waals surface area contributed by atoms with E-state index in [0.29, 0.717) is 43.9 Å². The molecule has 0 bridgehead atoms. The molecule has 1 aromatic heterocycles. The summed E-state index contributed by atoms with van der Waals surface area (Å²) in [5.41, 5.74) is 5.49. The molecule has 0 spiro atoms. The summed E-state index contributed by atoms with van der Waals surface area (Å²) < 4.78 is 10.2. The first kappa shape index (κ1) is 20.5. The minimum atomic E-state index is -0.489. The highest BCUT2D eigenvalue weighted by Gasteiger charge is 2.26. The fourth-order valence-corrected chi connectivity index (χ4v) is 2.10. The summed E-state index contributed by atoms with van der Waals surface area (Å²) in [6.45, 7) is 9.87. The summed E-state index contributed by atoms with van der Waals surface area (Å²) in [5, 5.41) is 3.77. The van der Waals surface area contributed by atoms with Crippen LogP contribution in [0, 0.1) is 6.92 Å². The zero-order chi connectivity index (χ0) is 17.0. The number of carbonyl (C=O) groups is 1. The molecule has 0 unspecified atom stereocenters. The molecule has 10 heteroatoms. The zero-order valence-electron chi connectivity index (χ0n) is 14.5. The molecule has 2 rings (SSSR count). The molecule has 1 fully saturated rings. The number of aromatic nitrogens is 2. The second-order valence-corrected chi connectivity index (χ2v) is 6.36. The van der Waals surface area contributed by atoms with Crippen LogP contribution in [0.1, 0.15) is 32.5 Å². The second kappa shape index (κ2) is 8.49. The number of nitrogens with zero attached hydrogens (tertiary/aromatic N) is 5. The average Bonchev–Trinajstić information content (AvgIpc) is 2.89. The Morgan fingerprint density at radius 3 is 2.38 bits per heavy atom. The Morgan fingerprint density at radius 2 is 1.88 bits per heavy atom. The van der Waals surface area contributed by atoms with E-state index in [1.54, 1.807) is 11.8 Å². The summed E-state index contributed by atoms with van der Waals surface area (Å²) in [7, 11) is 0. The monoisotopic (exact) mass is 452 g/mol. The molecule has 0 radical (unpaired) electrons. The van der Waals surface area contributed by atoms with Crippen LogP contribution >= 0.6 is 24.0 Å². The van der Waals surface area contributed by atoms with Gasteiger partial charge in [0.1, 0.15) is 12.1 Å². The highest BCUT2D eigenvalue weighted by Crippen LogP contribution is 2.11. The molecule has 1 aliphatic heterocycles. The molecule has 2 N–H and O–H groups in total. The van der Waals surface area contributed by atoms with Crippen LogP contribution < -0.4 is 5.73 Å². The van der Waals surface area contributed by atoms with Gasteiger partial charge in [0.25, 0.3) is 0 Å². The van der Waals surface area contributed by atoms with E-state index in [9.17, 15) is 4.79 Å². The highest BCUT2D eigenvalue weighted by molar-refractivity contribution is 14.0. The normalized spacial score (nSPS) is 15.9. The number of guanidine groups is 1. The molecular weight excluding hydrogens is 427 g/mol. The van der Waals surface area contributed by atoms with Crippen molar-refractivity contribution in [2.75, 3.05) is 26.2 Å². The van der Waals surface area contributed by atoms with Crippen molar-refractivity contribution in [3.63, 3.8) is 0 Å². The zero-order valence-corrected chi connectivity index (χ0v) is 16.8. The van der Waals surface area contributed by atoms with Crippen LogP contribution in [0.15, 0.2) is 9.52 Å². The number of rotatable bonds is 2. The van der Waals surface area contributed by atoms with Crippen LogP contribution in [0.5, 0.6) is 0 Å². The second-order valence-electron chi connectivity index (χ2n) is 6.36. The van der Waals surface area contributed by atoms with Gasteiger partial charge in [-0.25, -0.2) is 9.79 Å². The lowest BCUT2D eigenvalue weighted by Crippen LogP contribution is -2.53. The van der Waals surface area contributed by atoms with Crippen LogP contribution in [0.3, 0.4) is 0 Å². The van der Waals surface area contributed by atoms with Crippen molar-refractivity contribution in [1.82, 2.24) is 19.9 Å².